The fraction of sp³-hybridized carbons (Fsp3) is 0.611. The van der Waals surface area contributed by atoms with Gasteiger partial charge in [-0.1, -0.05) is 13.8 Å². The lowest BCUT2D eigenvalue weighted by atomic mass is 10.0. The van der Waals surface area contributed by atoms with Gasteiger partial charge in [-0.05, 0) is 50.1 Å². The molecule has 0 spiro atoms. The second kappa shape index (κ2) is 8.83. The van der Waals surface area contributed by atoms with Gasteiger partial charge in [0.25, 0.3) is 0 Å². The molecule has 2 atom stereocenters. The van der Waals surface area contributed by atoms with Gasteiger partial charge in [-0.15, -0.1) is 0 Å². The minimum Gasteiger partial charge on any atom is -0.497 e. The Morgan fingerprint density at radius 2 is 1.92 bits per heavy atom. The van der Waals surface area contributed by atoms with E-state index in [0.29, 0.717) is 18.8 Å². The normalized spacial score (nSPS) is 19.4. The molecule has 1 heterocycles. The molecule has 8 heteroatoms. The number of carbonyl (C=O) groups is 1. The van der Waals surface area contributed by atoms with Crippen molar-refractivity contribution in [2.75, 3.05) is 27.2 Å². The fourth-order valence-electron chi connectivity index (χ4n) is 3.07. The van der Waals surface area contributed by atoms with Crippen LogP contribution in [0.25, 0.3) is 0 Å². The number of benzene rings is 1. The Morgan fingerprint density at radius 1 is 1.27 bits per heavy atom. The Labute approximate surface area is 156 Å². The first-order valence-electron chi connectivity index (χ1n) is 8.91. The molecule has 146 valence electrons. The molecule has 26 heavy (non-hydrogen) atoms. The van der Waals surface area contributed by atoms with E-state index < -0.39 is 16.1 Å². The lowest BCUT2D eigenvalue weighted by Crippen LogP contribution is -2.55. The van der Waals surface area contributed by atoms with E-state index in [4.69, 9.17) is 4.74 Å². The van der Waals surface area contributed by atoms with Crippen LogP contribution in [0.1, 0.15) is 26.7 Å². The number of carbonyl (C=O) groups excluding carboxylic acids is 1. The topological polar surface area (TPSA) is 87.7 Å². The van der Waals surface area contributed by atoms with Gasteiger partial charge in [0.15, 0.2) is 0 Å². The van der Waals surface area contributed by atoms with Crippen LogP contribution in [0.4, 0.5) is 0 Å². The van der Waals surface area contributed by atoms with Gasteiger partial charge in [0.1, 0.15) is 11.8 Å². The number of rotatable bonds is 7. The molecule has 1 aliphatic heterocycles. The number of hydrogen-bond acceptors (Lipinski definition) is 5. The van der Waals surface area contributed by atoms with Crippen molar-refractivity contribution < 1.29 is 17.9 Å². The van der Waals surface area contributed by atoms with Crippen LogP contribution in [0.15, 0.2) is 29.2 Å². The largest absolute Gasteiger partial charge is 0.497 e. The molecule has 1 aromatic carbocycles. The number of sulfonamides is 1. The van der Waals surface area contributed by atoms with Gasteiger partial charge in [0, 0.05) is 19.1 Å². The second-order valence-electron chi connectivity index (χ2n) is 6.93. The van der Waals surface area contributed by atoms with Crippen molar-refractivity contribution in [2.45, 2.75) is 43.7 Å². The summed E-state index contributed by atoms with van der Waals surface area (Å²) in [6, 6.07) is 5.57. The van der Waals surface area contributed by atoms with Gasteiger partial charge in [0.2, 0.25) is 15.9 Å². The Bertz CT molecular complexity index is 704. The first-order chi connectivity index (χ1) is 12.3. The summed E-state index contributed by atoms with van der Waals surface area (Å²) in [4.78, 5) is 14.8. The summed E-state index contributed by atoms with van der Waals surface area (Å²) in [7, 11) is -0.401. The number of nitrogens with one attached hydrogen (secondary N) is 2. The van der Waals surface area contributed by atoms with Crippen LogP contribution in [0.5, 0.6) is 5.75 Å². The molecule has 0 saturated carbocycles. The molecular formula is C18H29N3O4S. The van der Waals surface area contributed by atoms with Crippen molar-refractivity contribution >= 4 is 15.9 Å². The van der Waals surface area contributed by atoms with E-state index in [1.54, 1.807) is 17.0 Å². The van der Waals surface area contributed by atoms with Crippen LogP contribution in [0.3, 0.4) is 0 Å². The highest BCUT2D eigenvalue weighted by molar-refractivity contribution is 7.89. The minimum absolute atomic E-state index is 0.114. The molecule has 0 bridgehead atoms. The number of piperidine rings is 1. The lowest BCUT2D eigenvalue weighted by molar-refractivity contribution is -0.135. The molecule has 1 amide bonds. The molecule has 0 aromatic heterocycles. The van der Waals surface area contributed by atoms with Gasteiger partial charge in [-0.25, -0.2) is 8.42 Å². The molecule has 1 aliphatic rings. The first kappa shape index (κ1) is 20.7. The van der Waals surface area contributed by atoms with E-state index in [2.05, 4.69) is 10.0 Å². The average molecular weight is 384 g/mol. The summed E-state index contributed by atoms with van der Waals surface area (Å²) >= 11 is 0. The lowest BCUT2D eigenvalue weighted by Gasteiger charge is -2.35. The number of nitrogens with zero attached hydrogens (tertiary/aromatic N) is 1. The number of amides is 1. The number of methoxy groups -OCH3 is 1. The molecule has 1 aromatic rings. The minimum atomic E-state index is -3.80. The van der Waals surface area contributed by atoms with Crippen molar-refractivity contribution in [3.05, 3.63) is 24.3 Å². The van der Waals surface area contributed by atoms with E-state index in [9.17, 15) is 13.2 Å². The maximum absolute atomic E-state index is 13.0. The summed E-state index contributed by atoms with van der Waals surface area (Å²) in [5, 5.41) is 3.20. The van der Waals surface area contributed by atoms with Crippen molar-refractivity contribution in [3.63, 3.8) is 0 Å². The zero-order valence-corrected chi connectivity index (χ0v) is 16.7. The highest BCUT2D eigenvalue weighted by Gasteiger charge is 2.33. The molecule has 7 nitrogen and oxygen atoms in total. The Kier molecular flexibility index (Phi) is 7.02. The van der Waals surface area contributed by atoms with E-state index in [1.165, 1.54) is 19.2 Å². The summed E-state index contributed by atoms with van der Waals surface area (Å²) in [6.45, 7) is 4.95. The quantitative estimate of drug-likeness (QED) is 0.739. The molecule has 2 rings (SSSR count). The first-order valence-corrected chi connectivity index (χ1v) is 10.4. The van der Waals surface area contributed by atoms with Crippen molar-refractivity contribution in [1.29, 1.82) is 0 Å². The smallest absolute Gasteiger partial charge is 0.241 e. The zero-order valence-electron chi connectivity index (χ0n) is 15.9. The van der Waals surface area contributed by atoms with E-state index >= 15 is 0 Å². The van der Waals surface area contributed by atoms with Gasteiger partial charge in [0.05, 0.1) is 12.0 Å². The number of likely N-dealkylation sites (N-methyl/N-ethyl adjacent to an activating group) is 1. The average Bonchev–Trinajstić information content (AvgIpc) is 2.65. The van der Waals surface area contributed by atoms with Gasteiger partial charge < -0.3 is 15.0 Å². The highest BCUT2D eigenvalue weighted by atomic mass is 32.2. The predicted octanol–water partition coefficient (Wildman–Crippen LogP) is 1.21. The monoisotopic (exact) mass is 383 g/mol. The molecule has 0 radical (unpaired) electrons. The zero-order chi connectivity index (χ0) is 19.3. The van der Waals surface area contributed by atoms with Gasteiger partial charge in [-0.2, -0.15) is 4.72 Å². The Hall–Kier alpha value is -1.64. The van der Waals surface area contributed by atoms with Crippen molar-refractivity contribution in [3.8, 4) is 5.75 Å². The van der Waals surface area contributed by atoms with E-state index in [0.717, 1.165) is 12.8 Å². The van der Waals surface area contributed by atoms with Gasteiger partial charge >= 0.3 is 0 Å². The van der Waals surface area contributed by atoms with E-state index in [-0.39, 0.29) is 22.8 Å². The van der Waals surface area contributed by atoms with Crippen LogP contribution in [-0.4, -0.2) is 58.6 Å². The maximum Gasteiger partial charge on any atom is 0.241 e. The summed E-state index contributed by atoms with van der Waals surface area (Å²) in [5.41, 5.74) is 0. The number of likely N-dealkylation sites (tertiary alicyclic amines) is 1. The highest BCUT2D eigenvalue weighted by Crippen LogP contribution is 2.19. The molecule has 1 saturated heterocycles. The maximum atomic E-state index is 13.0. The number of ether oxygens (including phenoxy) is 1. The Morgan fingerprint density at radius 3 is 2.46 bits per heavy atom. The molecule has 1 fully saturated rings. The molecule has 2 unspecified atom stereocenters. The third kappa shape index (κ3) is 4.96. The fourth-order valence-corrected chi connectivity index (χ4v) is 4.41. The van der Waals surface area contributed by atoms with Crippen LogP contribution in [0, 0.1) is 5.92 Å². The standard InChI is InChI=1S/C18H29N3O4S/c1-13(2)17(18(22)21-11-5-6-14(12-21)19-3)20-26(23,24)16-9-7-15(25-4)8-10-16/h7-10,13-14,17,19-20H,5-6,11-12H2,1-4H3. The number of hydrogen-bond donors (Lipinski definition) is 2. The second-order valence-corrected chi connectivity index (χ2v) is 8.64. The Balaban J connectivity index is 2.16. The summed E-state index contributed by atoms with van der Waals surface area (Å²) < 4.78 is 33.1. The molecule has 2 N–H and O–H groups in total. The molecular weight excluding hydrogens is 354 g/mol. The van der Waals surface area contributed by atoms with Crippen LogP contribution >= 0.6 is 0 Å². The molecule has 0 aliphatic carbocycles. The van der Waals surface area contributed by atoms with Crippen molar-refractivity contribution in [2.24, 2.45) is 5.92 Å². The van der Waals surface area contributed by atoms with E-state index in [1.807, 2.05) is 20.9 Å². The van der Waals surface area contributed by atoms with Crippen molar-refractivity contribution in [1.82, 2.24) is 14.9 Å². The van der Waals surface area contributed by atoms with Crippen LogP contribution < -0.4 is 14.8 Å². The third-order valence-electron chi connectivity index (χ3n) is 4.73. The third-order valence-corrected chi connectivity index (χ3v) is 6.18. The summed E-state index contributed by atoms with van der Waals surface area (Å²) in [6.07, 6.45) is 1.93. The van der Waals surface area contributed by atoms with Crippen LogP contribution in [-0.2, 0) is 14.8 Å². The SMILES string of the molecule is CNC1CCCN(C(=O)C(NS(=O)(=O)c2ccc(OC)cc2)C(C)C)C1. The van der Waals surface area contributed by atoms with Crippen LogP contribution in [0.2, 0.25) is 0 Å². The van der Waals surface area contributed by atoms with Gasteiger partial charge in [-0.3, -0.25) is 4.79 Å². The predicted molar refractivity (Wildman–Crippen MR) is 101 cm³/mol. The summed E-state index contributed by atoms with van der Waals surface area (Å²) in [5.74, 6) is 0.245.